The maximum Gasteiger partial charge on any atom is 0.336 e. The smallest absolute Gasteiger partial charge is 0.336 e. The quantitative estimate of drug-likeness (QED) is 0.412. The number of piperazine rings is 1. The Morgan fingerprint density at radius 3 is 2.30 bits per heavy atom. The van der Waals surface area contributed by atoms with Crippen molar-refractivity contribution in [3.63, 3.8) is 0 Å². The highest BCUT2D eigenvalue weighted by Crippen LogP contribution is 2.28. The summed E-state index contributed by atoms with van der Waals surface area (Å²) in [5.41, 5.74) is 1.95. The van der Waals surface area contributed by atoms with Gasteiger partial charge >= 0.3 is 5.97 Å². The molecule has 1 fully saturated rings. The second-order valence-electron chi connectivity index (χ2n) is 10.2. The van der Waals surface area contributed by atoms with Gasteiger partial charge in [0.2, 0.25) is 0 Å². The molecule has 2 aromatic carbocycles. The van der Waals surface area contributed by atoms with Gasteiger partial charge in [0.05, 0.1) is 16.0 Å². The van der Waals surface area contributed by atoms with Crippen LogP contribution < -0.4 is 9.62 Å². The van der Waals surface area contributed by atoms with Crippen molar-refractivity contribution in [1.29, 1.82) is 0 Å². The molecule has 1 aliphatic heterocycles. The molecule has 1 aliphatic rings. The summed E-state index contributed by atoms with van der Waals surface area (Å²) in [5.74, 6) is 0.197. The predicted octanol–water partition coefficient (Wildman–Crippen LogP) is 4.85. The number of hydrogen-bond donors (Lipinski definition) is 2. The van der Waals surface area contributed by atoms with Crippen molar-refractivity contribution in [2.75, 3.05) is 35.8 Å². The van der Waals surface area contributed by atoms with E-state index in [0.29, 0.717) is 28.7 Å². The molecule has 1 saturated heterocycles. The van der Waals surface area contributed by atoms with Crippen molar-refractivity contribution >= 4 is 38.4 Å². The van der Waals surface area contributed by atoms with E-state index in [9.17, 15) is 18.3 Å². The van der Waals surface area contributed by atoms with Crippen molar-refractivity contribution in [1.82, 2.24) is 9.88 Å². The van der Waals surface area contributed by atoms with Crippen molar-refractivity contribution in [2.45, 2.75) is 51.5 Å². The number of sulfonamides is 1. The first-order chi connectivity index (χ1) is 17.6. The van der Waals surface area contributed by atoms with E-state index in [1.54, 1.807) is 48.5 Å². The zero-order chi connectivity index (χ0) is 26.7. The largest absolute Gasteiger partial charge is 0.478 e. The van der Waals surface area contributed by atoms with Crippen LogP contribution in [0.2, 0.25) is 0 Å². The summed E-state index contributed by atoms with van der Waals surface area (Å²) in [4.78, 5) is 21.7. The number of carboxylic acids is 1. The number of nitrogens with zero attached hydrogens (tertiary/aromatic N) is 3. The number of anilines is 2. The third-order valence-electron chi connectivity index (χ3n) is 6.99. The van der Waals surface area contributed by atoms with E-state index in [0.717, 1.165) is 44.6 Å². The summed E-state index contributed by atoms with van der Waals surface area (Å²) in [5, 5.41) is 10.4. The van der Waals surface area contributed by atoms with E-state index in [2.05, 4.69) is 35.3 Å². The van der Waals surface area contributed by atoms with Gasteiger partial charge in [0.1, 0.15) is 5.82 Å². The fourth-order valence-electron chi connectivity index (χ4n) is 4.96. The van der Waals surface area contributed by atoms with Crippen LogP contribution >= 0.6 is 0 Å². The Balaban J connectivity index is 1.57. The van der Waals surface area contributed by atoms with Crippen LogP contribution in [0.5, 0.6) is 0 Å². The summed E-state index contributed by atoms with van der Waals surface area (Å²) in [6, 6.07) is 13.6. The third-order valence-corrected chi connectivity index (χ3v) is 8.39. The molecular weight excluding hydrogens is 488 g/mol. The van der Waals surface area contributed by atoms with Crippen LogP contribution in [0, 0.1) is 5.92 Å². The van der Waals surface area contributed by atoms with Gasteiger partial charge in [0.15, 0.2) is 0 Å². The monoisotopic (exact) mass is 524 g/mol. The van der Waals surface area contributed by atoms with E-state index in [4.69, 9.17) is 4.98 Å². The minimum Gasteiger partial charge on any atom is -0.478 e. The Morgan fingerprint density at radius 2 is 1.70 bits per heavy atom. The molecule has 1 atom stereocenters. The second-order valence-corrected chi connectivity index (χ2v) is 11.9. The second kappa shape index (κ2) is 11.1. The van der Waals surface area contributed by atoms with Gasteiger partial charge in [0, 0.05) is 43.3 Å². The number of carboxylic acid groups (broad SMARTS) is 1. The first-order valence-electron chi connectivity index (χ1n) is 12.9. The fourth-order valence-corrected chi connectivity index (χ4v) is 6.01. The summed E-state index contributed by atoms with van der Waals surface area (Å²) >= 11 is 0. The Morgan fingerprint density at radius 1 is 1.03 bits per heavy atom. The standard InChI is InChI=1S/C28H36N4O4S/c1-5-21-6-9-23(10-7-21)37(35,36)30-22-8-11-26-24(17-22)25(28(33)34)18-27(29-26)32-14-12-31(13-15-32)20(4)16-19(2)3/h6-11,17-20,30H,5,12-16H2,1-4H3,(H,33,34)/t20-/m0/s1. The highest BCUT2D eigenvalue weighted by Gasteiger charge is 2.24. The number of aromatic carboxylic acids is 1. The van der Waals surface area contributed by atoms with E-state index in [-0.39, 0.29) is 16.1 Å². The molecule has 0 radical (unpaired) electrons. The topological polar surface area (TPSA) is 103 Å². The molecule has 9 heteroatoms. The van der Waals surface area contributed by atoms with Crippen LogP contribution in [0.25, 0.3) is 10.9 Å². The van der Waals surface area contributed by atoms with Gasteiger partial charge in [-0.2, -0.15) is 0 Å². The Hall–Kier alpha value is -3.17. The lowest BCUT2D eigenvalue weighted by atomic mass is 10.0. The number of fused-ring (bicyclic) bond motifs is 1. The van der Waals surface area contributed by atoms with Crippen LogP contribution in [0.4, 0.5) is 11.5 Å². The highest BCUT2D eigenvalue weighted by atomic mass is 32.2. The number of benzene rings is 2. The number of pyridine rings is 1. The maximum atomic E-state index is 12.9. The molecule has 0 saturated carbocycles. The van der Waals surface area contributed by atoms with Crippen molar-refractivity contribution < 1.29 is 18.3 Å². The third kappa shape index (κ3) is 6.22. The molecule has 0 aliphatic carbocycles. The normalized spacial score (nSPS) is 15.8. The number of nitrogens with one attached hydrogen (secondary N) is 1. The summed E-state index contributed by atoms with van der Waals surface area (Å²) in [6.45, 7) is 12.1. The van der Waals surface area contributed by atoms with Crippen molar-refractivity contribution in [3.05, 3.63) is 59.7 Å². The minimum absolute atomic E-state index is 0.101. The number of carbonyl (C=O) groups is 1. The molecule has 0 unspecified atom stereocenters. The molecule has 0 spiro atoms. The zero-order valence-corrected chi connectivity index (χ0v) is 22.8. The molecule has 2 heterocycles. The van der Waals surface area contributed by atoms with Crippen LogP contribution in [0.3, 0.4) is 0 Å². The van der Waals surface area contributed by atoms with E-state index in [1.165, 1.54) is 0 Å². The van der Waals surface area contributed by atoms with Gasteiger partial charge < -0.3 is 10.0 Å². The number of rotatable bonds is 9. The molecular formula is C28H36N4O4S. The van der Waals surface area contributed by atoms with Gasteiger partial charge in [-0.1, -0.05) is 32.9 Å². The molecule has 0 amide bonds. The molecule has 2 N–H and O–H groups in total. The molecule has 198 valence electrons. The lowest BCUT2D eigenvalue weighted by Crippen LogP contribution is -2.50. The molecule has 37 heavy (non-hydrogen) atoms. The lowest BCUT2D eigenvalue weighted by molar-refractivity contribution is 0.0699. The summed E-state index contributed by atoms with van der Waals surface area (Å²) in [7, 11) is -3.82. The van der Waals surface area contributed by atoms with Gasteiger partial charge in [-0.3, -0.25) is 9.62 Å². The van der Waals surface area contributed by atoms with E-state index >= 15 is 0 Å². The summed E-state index contributed by atoms with van der Waals surface area (Å²) < 4.78 is 28.4. The van der Waals surface area contributed by atoms with Gasteiger partial charge in [-0.05, 0) is 67.6 Å². The Labute approximate surface area is 219 Å². The first kappa shape index (κ1) is 26.9. The molecule has 4 rings (SSSR count). The van der Waals surface area contributed by atoms with Crippen LogP contribution in [0.15, 0.2) is 53.4 Å². The number of aromatic nitrogens is 1. The number of hydrogen-bond acceptors (Lipinski definition) is 6. The average Bonchev–Trinajstić information content (AvgIpc) is 2.87. The van der Waals surface area contributed by atoms with Crippen molar-refractivity contribution in [3.8, 4) is 0 Å². The predicted molar refractivity (Wildman–Crippen MR) is 148 cm³/mol. The fraction of sp³-hybridized carbons (Fsp3) is 0.429. The van der Waals surface area contributed by atoms with Gasteiger partial charge in [-0.15, -0.1) is 0 Å². The minimum atomic E-state index is -3.82. The zero-order valence-electron chi connectivity index (χ0n) is 21.9. The maximum absolute atomic E-state index is 12.9. The first-order valence-corrected chi connectivity index (χ1v) is 14.3. The SMILES string of the molecule is CCc1ccc(S(=O)(=O)Nc2ccc3nc(N4CCN([C@@H](C)CC(C)C)CC4)cc(C(=O)O)c3c2)cc1. The highest BCUT2D eigenvalue weighted by molar-refractivity contribution is 7.92. The van der Waals surface area contributed by atoms with Gasteiger partial charge in [0.25, 0.3) is 10.0 Å². The molecule has 8 nitrogen and oxygen atoms in total. The van der Waals surface area contributed by atoms with Crippen LogP contribution in [0.1, 0.15) is 50.0 Å². The molecule has 1 aromatic heterocycles. The van der Waals surface area contributed by atoms with Crippen LogP contribution in [-0.4, -0.2) is 61.6 Å². The van der Waals surface area contributed by atoms with E-state index in [1.807, 2.05) is 6.92 Å². The average molecular weight is 525 g/mol. The molecule has 3 aromatic rings. The lowest BCUT2D eigenvalue weighted by Gasteiger charge is -2.39. The number of aryl methyl sites for hydroxylation is 1. The Kier molecular flexibility index (Phi) is 8.04. The summed E-state index contributed by atoms with van der Waals surface area (Å²) in [6.07, 6.45) is 1.96. The van der Waals surface area contributed by atoms with E-state index < -0.39 is 16.0 Å². The van der Waals surface area contributed by atoms with Crippen LogP contribution in [-0.2, 0) is 16.4 Å². The Bertz CT molecular complexity index is 1360. The van der Waals surface area contributed by atoms with Gasteiger partial charge in [-0.25, -0.2) is 18.2 Å². The van der Waals surface area contributed by atoms with Crippen molar-refractivity contribution in [2.24, 2.45) is 5.92 Å². The molecule has 0 bridgehead atoms.